The van der Waals surface area contributed by atoms with Gasteiger partial charge in [-0.05, 0) is 23.8 Å². The first-order valence-corrected chi connectivity index (χ1v) is 6.64. The van der Waals surface area contributed by atoms with E-state index in [-0.39, 0.29) is 6.29 Å². The normalized spacial score (nSPS) is 21.1. The average Bonchev–Trinajstić information content (AvgIpc) is 2.85. The maximum Gasteiger partial charge on any atom is 0.416 e. The van der Waals surface area contributed by atoms with Gasteiger partial charge in [-0.15, -0.1) is 11.8 Å². The Balaban J connectivity index is 2.22. The zero-order valence-electron chi connectivity index (χ0n) is 10.1. The van der Waals surface area contributed by atoms with Crippen molar-refractivity contribution in [2.45, 2.75) is 12.2 Å². The third-order valence-corrected chi connectivity index (χ3v) is 3.76. The van der Waals surface area contributed by atoms with E-state index in [2.05, 4.69) is 5.32 Å². The largest absolute Gasteiger partial charge is 0.416 e. The Hall–Kier alpha value is -1.60. The van der Waals surface area contributed by atoms with E-state index in [0.717, 1.165) is 12.1 Å². The van der Waals surface area contributed by atoms with Crippen LogP contribution in [-0.2, 0) is 15.8 Å². The predicted octanol–water partition coefficient (Wildman–Crippen LogP) is 2.48. The highest BCUT2D eigenvalue weighted by molar-refractivity contribution is 8.03. The van der Waals surface area contributed by atoms with Crippen LogP contribution in [0.2, 0.25) is 0 Å². The number of carbonyl (C=O) groups excluding carboxylic acids is 2. The molecule has 0 radical (unpaired) electrons. The summed E-state index contributed by atoms with van der Waals surface area (Å²) in [5, 5.41) is 2.85. The molecule has 0 bridgehead atoms. The number of hydrogen-bond donors (Lipinski definition) is 1. The lowest BCUT2D eigenvalue weighted by Crippen LogP contribution is -2.32. The number of rotatable bonds is 3. The summed E-state index contributed by atoms with van der Waals surface area (Å²) in [6.07, 6.45) is -2.52. The lowest BCUT2D eigenvalue weighted by atomic mass is 10.1. The molecule has 1 saturated heterocycles. The van der Waals surface area contributed by atoms with Gasteiger partial charge in [0.05, 0.1) is 5.56 Å². The fourth-order valence-electron chi connectivity index (χ4n) is 1.76. The Morgan fingerprint density at radius 2 is 1.95 bits per heavy atom. The fourth-order valence-corrected chi connectivity index (χ4v) is 2.76. The number of aldehydes is 1. The van der Waals surface area contributed by atoms with Gasteiger partial charge in [-0.1, -0.05) is 12.1 Å². The first-order valence-electron chi connectivity index (χ1n) is 5.66. The van der Waals surface area contributed by atoms with Gasteiger partial charge in [0.15, 0.2) is 6.29 Å². The van der Waals surface area contributed by atoms with E-state index in [1.807, 2.05) is 0 Å². The minimum atomic E-state index is -4.37. The number of nitrogens with one attached hydrogen (secondary N) is 1. The van der Waals surface area contributed by atoms with Gasteiger partial charge in [-0.25, -0.2) is 0 Å². The van der Waals surface area contributed by atoms with Gasteiger partial charge in [0, 0.05) is 10.8 Å². The Kier molecular flexibility index (Phi) is 4.29. The van der Waals surface area contributed by atoms with Gasteiger partial charge in [-0.3, -0.25) is 14.9 Å². The summed E-state index contributed by atoms with van der Waals surface area (Å²) in [6, 6.07) is 3.93. The highest BCUT2D eigenvalue weighted by atomic mass is 32.2. The molecule has 0 saturated carbocycles. The summed E-state index contributed by atoms with van der Waals surface area (Å²) in [6.45, 7) is 0. The van der Waals surface area contributed by atoms with Crippen LogP contribution in [0.15, 0.2) is 29.2 Å². The van der Waals surface area contributed by atoms with Crippen molar-refractivity contribution in [2.75, 3.05) is 5.88 Å². The van der Waals surface area contributed by atoms with E-state index in [4.69, 9.17) is 0 Å². The van der Waals surface area contributed by atoms with E-state index in [1.165, 1.54) is 23.9 Å². The molecule has 1 aromatic rings. The van der Waals surface area contributed by atoms with E-state index >= 15 is 0 Å². The number of halogens is 3. The molecule has 0 aliphatic carbocycles. The number of thioether (sulfide) groups is 1. The first-order chi connectivity index (χ1) is 9.41. The SMILES string of the molecule is O=CC(=O)C1NCSC1=Cc1ccc(C(F)(F)F)cc1. The second kappa shape index (κ2) is 5.80. The smallest absolute Gasteiger partial charge is 0.295 e. The van der Waals surface area contributed by atoms with Gasteiger partial charge < -0.3 is 0 Å². The van der Waals surface area contributed by atoms with Crippen LogP contribution < -0.4 is 5.32 Å². The first kappa shape index (κ1) is 14.8. The van der Waals surface area contributed by atoms with E-state index in [0.29, 0.717) is 16.3 Å². The molecule has 106 valence electrons. The number of Topliss-reactive ketones (excluding diaryl/α,β-unsaturated/α-hetero) is 1. The van der Waals surface area contributed by atoms with Crippen molar-refractivity contribution in [1.82, 2.24) is 5.32 Å². The van der Waals surface area contributed by atoms with Gasteiger partial charge in [0.25, 0.3) is 0 Å². The van der Waals surface area contributed by atoms with Crippen LogP contribution in [0.3, 0.4) is 0 Å². The molecular weight excluding hydrogens is 291 g/mol. The maximum absolute atomic E-state index is 12.4. The summed E-state index contributed by atoms with van der Waals surface area (Å²) < 4.78 is 37.3. The minimum Gasteiger partial charge on any atom is -0.295 e. The molecule has 1 aromatic carbocycles. The lowest BCUT2D eigenvalue weighted by Gasteiger charge is -2.08. The van der Waals surface area contributed by atoms with Crippen molar-refractivity contribution in [2.24, 2.45) is 0 Å². The second-order valence-electron chi connectivity index (χ2n) is 4.11. The van der Waals surface area contributed by atoms with Crippen molar-refractivity contribution in [3.8, 4) is 0 Å². The molecule has 0 spiro atoms. The highest BCUT2D eigenvalue weighted by Gasteiger charge is 2.30. The minimum absolute atomic E-state index is 0.240. The van der Waals surface area contributed by atoms with Crippen LogP contribution in [0.25, 0.3) is 6.08 Å². The highest BCUT2D eigenvalue weighted by Crippen LogP contribution is 2.31. The molecule has 7 heteroatoms. The molecule has 20 heavy (non-hydrogen) atoms. The zero-order chi connectivity index (χ0) is 14.8. The molecule has 1 fully saturated rings. The monoisotopic (exact) mass is 301 g/mol. The molecule has 1 unspecified atom stereocenters. The average molecular weight is 301 g/mol. The van der Waals surface area contributed by atoms with Crippen LogP contribution in [-0.4, -0.2) is 24.0 Å². The molecule has 3 nitrogen and oxygen atoms in total. The topological polar surface area (TPSA) is 46.2 Å². The van der Waals surface area contributed by atoms with Crippen LogP contribution in [0, 0.1) is 0 Å². The molecule has 1 atom stereocenters. The van der Waals surface area contributed by atoms with Crippen LogP contribution in [0.5, 0.6) is 0 Å². The third kappa shape index (κ3) is 3.29. The number of carbonyl (C=O) groups is 2. The van der Waals surface area contributed by atoms with Gasteiger partial charge >= 0.3 is 6.18 Å². The van der Waals surface area contributed by atoms with Gasteiger partial charge in [0.1, 0.15) is 6.04 Å². The zero-order valence-corrected chi connectivity index (χ0v) is 10.9. The number of benzene rings is 1. The molecular formula is C13H10F3NO2S. The van der Waals surface area contributed by atoms with Crippen molar-refractivity contribution < 1.29 is 22.8 Å². The Labute approximate surface area is 117 Å². The molecule has 1 N–H and O–H groups in total. The number of alkyl halides is 3. The van der Waals surface area contributed by atoms with Crippen molar-refractivity contribution in [3.63, 3.8) is 0 Å². The molecule has 1 aliphatic rings. The summed E-state index contributed by atoms with van der Waals surface area (Å²) in [5.41, 5.74) is -0.176. The summed E-state index contributed by atoms with van der Waals surface area (Å²) >= 11 is 1.35. The third-order valence-electron chi connectivity index (χ3n) is 2.76. The Morgan fingerprint density at radius 1 is 1.30 bits per heavy atom. The van der Waals surface area contributed by atoms with Crippen molar-refractivity contribution in [1.29, 1.82) is 0 Å². The molecule has 0 amide bonds. The molecule has 0 aromatic heterocycles. The number of ketones is 1. The van der Waals surface area contributed by atoms with E-state index < -0.39 is 23.6 Å². The Morgan fingerprint density at radius 3 is 2.50 bits per heavy atom. The van der Waals surface area contributed by atoms with E-state index in [9.17, 15) is 22.8 Å². The predicted molar refractivity (Wildman–Crippen MR) is 69.9 cm³/mol. The van der Waals surface area contributed by atoms with Crippen molar-refractivity contribution in [3.05, 3.63) is 40.3 Å². The standard InChI is InChI=1S/C13H10F3NO2S/c14-13(15,16)9-3-1-8(2-4-9)5-11-12(10(19)6-18)17-7-20-11/h1-6,12,17H,7H2. The van der Waals surface area contributed by atoms with Crippen LogP contribution >= 0.6 is 11.8 Å². The van der Waals surface area contributed by atoms with Crippen LogP contribution in [0.4, 0.5) is 13.2 Å². The molecule has 1 aliphatic heterocycles. The summed E-state index contributed by atoms with van der Waals surface area (Å²) in [4.78, 5) is 22.5. The molecule has 1 heterocycles. The second-order valence-corrected chi connectivity index (χ2v) is 5.16. The Bertz CT molecular complexity index is 552. The lowest BCUT2D eigenvalue weighted by molar-refractivity contribution is -0.137. The summed E-state index contributed by atoms with van der Waals surface area (Å²) in [7, 11) is 0. The van der Waals surface area contributed by atoms with Crippen molar-refractivity contribution >= 4 is 29.9 Å². The number of hydrogen-bond acceptors (Lipinski definition) is 4. The van der Waals surface area contributed by atoms with Gasteiger partial charge in [-0.2, -0.15) is 13.2 Å². The quantitative estimate of drug-likeness (QED) is 0.688. The van der Waals surface area contributed by atoms with Gasteiger partial charge in [0.2, 0.25) is 5.78 Å². The molecule has 2 rings (SSSR count). The fraction of sp³-hybridized carbons (Fsp3) is 0.231. The summed E-state index contributed by atoms with van der Waals surface area (Å²) in [5.74, 6) is -0.107. The maximum atomic E-state index is 12.4. The van der Waals surface area contributed by atoms with E-state index in [1.54, 1.807) is 6.08 Å². The van der Waals surface area contributed by atoms with Crippen LogP contribution in [0.1, 0.15) is 11.1 Å².